The molecule has 3 heterocycles. The number of nitrogens with one attached hydrogen (secondary N) is 1. The van der Waals surface area contributed by atoms with E-state index in [1.54, 1.807) is 23.4 Å². The molecular formula is C24H20ClN5O2S2. The summed E-state index contributed by atoms with van der Waals surface area (Å²) in [6.45, 7) is 2.60. The molecule has 1 aliphatic rings. The van der Waals surface area contributed by atoms with Crippen LogP contribution >= 0.6 is 34.7 Å². The van der Waals surface area contributed by atoms with Gasteiger partial charge in [-0.15, -0.1) is 23.1 Å². The van der Waals surface area contributed by atoms with E-state index in [1.807, 2.05) is 30.3 Å². The molecule has 34 heavy (non-hydrogen) atoms. The number of carbonyl (C=O) groups excluding carboxylic acids is 2. The summed E-state index contributed by atoms with van der Waals surface area (Å²) in [5.74, 6) is 0.00318. The number of aromatic nitrogens is 1. The Morgan fingerprint density at radius 1 is 1.38 bits per heavy atom. The third-order valence-electron chi connectivity index (χ3n) is 5.20. The number of pyridine rings is 1. The first-order chi connectivity index (χ1) is 16.4. The molecule has 2 amide bonds. The van der Waals surface area contributed by atoms with Crippen LogP contribution in [0.4, 0.5) is 10.7 Å². The highest BCUT2D eigenvalue weighted by molar-refractivity contribution is 8.00. The lowest BCUT2D eigenvalue weighted by molar-refractivity contribution is -0.129. The molecule has 1 aromatic carbocycles. The van der Waals surface area contributed by atoms with Crippen molar-refractivity contribution in [2.75, 3.05) is 17.6 Å². The molecule has 1 aliphatic heterocycles. The fourth-order valence-electron chi connectivity index (χ4n) is 3.48. The van der Waals surface area contributed by atoms with E-state index in [9.17, 15) is 14.9 Å². The Morgan fingerprint density at radius 2 is 2.24 bits per heavy atom. The Morgan fingerprint density at radius 3 is 3.00 bits per heavy atom. The first-order valence-corrected chi connectivity index (χ1v) is 12.6. The van der Waals surface area contributed by atoms with E-state index in [0.717, 1.165) is 26.6 Å². The molecule has 2 aromatic heterocycles. The topological polar surface area (TPSA) is 98.4 Å². The molecule has 0 saturated carbocycles. The van der Waals surface area contributed by atoms with Crippen molar-refractivity contribution in [1.82, 2.24) is 9.88 Å². The molecule has 1 N–H and O–H groups in total. The van der Waals surface area contributed by atoms with Crippen LogP contribution in [-0.2, 0) is 22.6 Å². The summed E-state index contributed by atoms with van der Waals surface area (Å²) >= 11 is 8.82. The maximum absolute atomic E-state index is 12.6. The second-order valence-electron chi connectivity index (χ2n) is 7.49. The second kappa shape index (κ2) is 10.8. The number of anilines is 1. The molecule has 10 heteroatoms. The summed E-state index contributed by atoms with van der Waals surface area (Å²) in [5, 5.41) is 13.5. The van der Waals surface area contributed by atoms with E-state index in [4.69, 9.17) is 11.6 Å². The Kier molecular flexibility index (Phi) is 7.63. The summed E-state index contributed by atoms with van der Waals surface area (Å²) < 4.78 is 0. The number of fused-ring (bicyclic) bond motifs is 1. The van der Waals surface area contributed by atoms with Crippen LogP contribution in [0.5, 0.6) is 0 Å². The lowest BCUT2D eigenvalue weighted by Crippen LogP contribution is -2.33. The van der Waals surface area contributed by atoms with Crippen LogP contribution in [0.3, 0.4) is 0 Å². The predicted octanol–water partition coefficient (Wildman–Crippen LogP) is 5.05. The molecule has 7 nitrogen and oxygen atoms in total. The molecule has 0 fully saturated rings. The van der Waals surface area contributed by atoms with Crippen molar-refractivity contribution >= 4 is 63.4 Å². The van der Waals surface area contributed by atoms with Gasteiger partial charge in [-0.25, -0.2) is 4.98 Å². The number of amides is 2. The Hall–Kier alpha value is -3.19. The number of carbonyl (C=O) groups is 2. The molecule has 172 valence electrons. The predicted molar refractivity (Wildman–Crippen MR) is 136 cm³/mol. The normalized spacial score (nSPS) is 12.9. The van der Waals surface area contributed by atoms with E-state index < -0.39 is 0 Å². The molecular weight excluding hydrogens is 490 g/mol. The monoisotopic (exact) mass is 509 g/mol. The molecule has 0 radical (unpaired) electrons. The number of nitriles is 1. The fraction of sp³-hybridized carbons (Fsp3) is 0.208. The zero-order valence-corrected chi connectivity index (χ0v) is 20.6. The van der Waals surface area contributed by atoms with E-state index in [1.165, 1.54) is 30.0 Å². The van der Waals surface area contributed by atoms with Gasteiger partial charge in [0.25, 0.3) is 0 Å². The quantitative estimate of drug-likeness (QED) is 0.284. The van der Waals surface area contributed by atoms with Crippen LogP contribution < -0.4 is 5.32 Å². The number of benzene rings is 1. The van der Waals surface area contributed by atoms with Gasteiger partial charge in [0.15, 0.2) is 0 Å². The third kappa shape index (κ3) is 5.65. The molecule has 0 saturated heterocycles. The highest BCUT2D eigenvalue weighted by Crippen LogP contribution is 2.37. The van der Waals surface area contributed by atoms with E-state index in [0.29, 0.717) is 35.2 Å². The van der Waals surface area contributed by atoms with Gasteiger partial charge in [0.1, 0.15) is 16.2 Å². The van der Waals surface area contributed by atoms with Crippen molar-refractivity contribution in [2.45, 2.75) is 24.8 Å². The van der Waals surface area contributed by atoms with Gasteiger partial charge in [0.2, 0.25) is 11.8 Å². The lowest BCUT2D eigenvalue weighted by Gasteiger charge is -2.25. The molecule has 0 atom stereocenters. The van der Waals surface area contributed by atoms with Crippen LogP contribution in [0.15, 0.2) is 52.5 Å². The van der Waals surface area contributed by atoms with Gasteiger partial charge >= 0.3 is 0 Å². The van der Waals surface area contributed by atoms with E-state index >= 15 is 0 Å². The Bertz CT molecular complexity index is 1310. The van der Waals surface area contributed by atoms with Gasteiger partial charge < -0.3 is 10.2 Å². The van der Waals surface area contributed by atoms with Gasteiger partial charge in [-0.3, -0.25) is 14.6 Å². The minimum atomic E-state index is -0.195. The van der Waals surface area contributed by atoms with Crippen molar-refractivity contribution in [2.24, 2.45) is 4.99 Å². The first kappa shape index (κ1) is 24.0. The van der Waals surface area contributed by atoms with Gasteiger partial charge in [0.05, 0.1) is 23.5 Å². The average molecular weight is 510 g/mol. The Labute approximate surface area is 210 Å². The van der Waals surface area contributed by atoms with Gasteiger partial charge in [0, 0.05) is 41.2 Å². The maximum atomic E-state index is 12.6. The van der Waals surface area contributed by atoms with Crippen molar-refractivity contribution < 1.29 is 9.59 Å². The maximum Gasteiger partial charge on any atom is 0.235 e. The third-order valence-corrected chi connectivity index (χ3v) is 7.64. The van der Waals surface area contributed by atoms with Gasteiger partial charge in [-0.1, -0.05) is 17.7 Å². The van der Waals surface area contributed by atoms with E-state index in [-0.39, 0.29) is 17.6 Å². The van der Waals surface area contributed by atoms with Crippen LogP contribution in [0.25, 0.3) is 0 Å². The molecule has 0 spiro atoms. The van der Waals surface area contributed by atoms with Crippen LogP contribution in [0.2, 0.25) is 5.15 Å². The largest absolute Gasteiger partial charge is 0.337 e. The molecule has 0 unspecified atom stereocenters. The van der Waals surface area contributed by atoms with Crippen molar-refractivity contribution in [3.8, 4) is 6.07 Å². The summed E-state index contributed by atoms with van der Waals surface area (Å²) in [4.78, 5) is 36.4. The van der Waals surface area contributed by atoms with Crippen molar-refractivity contribution in [3.05, 3.63) is 69.3 Å². The number of nitrogens with zero attached hydrogens (tertiary/aromatic N) is 4. The molecule has 4 rings (SSSR count). The second-order valence-corrected chi connectivity index (χ2v) is 10.00. The van der Waals surface area contributed by atoms with Crippen molar-refractivity contribution in [1.29, 1.82) is 5.26 Å². The minimum absolute atomic E-state index is 0.00893. The van der Waals surface area contributed by atoms with Crippen LogP contribution in [0.1, 0.15) is 28.5 Å². The number of halogens is 1. The molecule has 0 bridgehead atoms. The Balaban J connectivity index is 1.39. The summed E-state index contributed by atoms with van der Waals surface area (Å²) in [6.07, 6.45) is 3.89. The highest BCUT2D eigenvalue weighted by atomic mass is 35.5. The van der Waals surface area contributed by atoms with Crippen molar-refractivity contribution in [3.63, 3.8) is 0 Å². The fourth-order valence-corrected chi connectivity index (χ4v) is 5.63. The van der Waals surface area contributed by atoms with Crippen LogP contribution in [0, 0.1) is 11.3 Å². The first-order valence-electron chi connectivity index (χ1n) is 10.4. The number of hydrogen-bond acceptors (Lipinski definition) is 7. The van der Waals surface area contributed by atoms with Crippen LogP contribution in [-0.4, -0.2) is 40.2 Å². The lowest BCUT2D eigenvalue weighted by atomic mass is 10.0. The smallest absolute Gasteiger partial charge is 0.235 e. The highest BCUT2D eigenvalue weighted by Gasteiger charge is 2.26. The standard InChI is InChI=1S/C24H20ClN5O2S2/c1-15(31)30-9-7-19-20(11-26)24(34-21(19)13-30)29-22(32)14-33-18-6-2-5-17(10-18)28-12-16-4-3-8-27-23(16)25/h2-6,8,10,12H,7,9,13-14H2,1H3,(H,29,32). The molecule has 0 aliphatic carbocycles. The summed E-state index contributed by atoms with van der Waals surface area (Å²) in [7, 11) is 0. The number of thiophene rings is 1. The zero-order valence-electron chi connectivity index (χ0n) is 18.2. The average Bonchev–Trinajstić information content (AvgIpc) is 3.18. The minimum Gasteiger partial charge on any atom is -0.337 e. The molecule has 3 aromatic rings. The zero-order chi connectivity index (χ0) is 24.1. The number of rotatable bonds is 6. The SMILES string of the molecule is CC(=O)N1CCc2c(sc(NC(=O)CSc3cccc(N=Cc4cccnc4Cl)c3)c2C#N)C1. The van der Waals surface area contributed by atoms with Gasteiger partial charge in [-0.2, -0.15) is 5.26 Å². The van der Waals surface area contributed by atoms with Gasteiger partial charge in [-0.05, 0) is 42.3 Å². The number of hydrogen-bond donors (Lipinski definition) is 1. The number of aliphatic imine (C=N–C) groups is 1. The van der Waals surface area contributed by atoms with E-state index in [2.05, 4.69) is 21.4 Å². The number of thioether (sulfide) groups is 1. The summed E-state index contributed by atoms with van der Waals surface area (Å²) in [6, 6.07) is 13.4. The summed E-state index contributed by atoms with van der Waals surface area (Å²) in [5.41, 5.74) is 2.90.